The van der Waals surface area contributed by atoms with E-state index in [0.717, 1.165) is 11.0 Å². The number of hydrogen-bond donors (Lipinski definition) is 1. The standard InChI is InChI=1S/C12H16BrNO2/c1-2-16-12(15)7-8-14-9-10-5-3-4-6-11(10)13/h3-6,14H,2,7-9H2,1H3. The number of hydrogen-bond acceptors (Lipinski definition) is 3. The van der Waals surface area contributed by atoms with Gasteiger partial charge in [-0.25, -0.2) is 0 Å². The number of rotatable bonds is 6. The van der Waals surface area contributed by atoms with E-state index in [2.05, 4.69) is 21.2 Å². The topological polar surface area (TPSA) is 38.3 Å². The molecule has 16 heavy (non-hydrogen) atoms. The lowest BCUT2D eigenvalue weighted by Gasteiger charge is -2.06. The second kappa shape index (κ2) is 7.41. The number of ether oxygens (including phenoxy) is 1. The number of nitrogens with one attached hydrogen (secondary N) is 1. The molecule has 4 heteroatoms. The monoisotopic (exact) mass is 285 g/mol. The Morgan fingerprint density at radius 1 is 1.44 bits per heavy atom. The first-order valence-electron chi connectivity index (χ1n) is 5.33. The van der Waals surface area contributed by atoms with Crippen LogP contribution < -0.4 is 5.32 Å². The molecule has 1 aromatic carbocycles. The van der Waals surface area contributed by atoms with E-state index in [4.69, 9.17) is 4.74 Å². The van der Waals surface area contributed by atoms with Gasteiger partial charge in [0.25, 0.3) is 0 Å². The smallest absolute Gasteiger partial charge is 0.307 e. The Hall–Kier alpha value is -0.870. The maximum Gasteiger partial charge on any atom is 0.307 e. The molecule has 0 aromatic heterocycles. The fourth-order valence-electron chi connectivity index (χ4n) is 1.29. The Morgan fingerprint density at radius 3 is 2.88 bits per heavy atom. The highest BCUT2D eigenvalue weighted by Crippen LogP contribution is 2.15. The molecule has 0 radical (unpaired) electrons. The Morgan fingerprint density at radius 2 is 2.19 bits per heavy atom. The first kappa shape index (κ1) is 13.2. The van der Waals surface area contributed by atoms with Gasteiger partial charge in [0.1, 0.15) is 0 Å². The third-order valence-electron chi connectivity index (χ3n) is 2.08. The zero-order chi connectivity index (χ0) is 11.8. The van der Waals surface area contributed by atoms with Crippen LogP contribution in [-0.4, -0.2) is 19.1 Å². The molecule has 0 saturated heterocycles. The minimum atomic E-state index is -0.151. The van der Waals surface area contributed by atoms with Crippen LogP contribution in [0.25, 0.3) is 0 Å². The second-order valence-corrected chi connectivity index (χ2v) is 4.18. The van der Waals surface area contributed by atoms with Crippen LogP contribution in [0.4, 0.5) is 0 Å². The maximum absolute atomic E-state index is 11.0. The largest absolute Gasteiger partial charge is 0.466 e. The van der Waals surface area contributed by atoms with Gasteiger partial charge in [0.05, 0.1) is 13.0 Å². The molecule has 0 unspecified atom stereocenters. The summed E-state index contributed by atoms with van der Waals surface area (Å²) in [7, 11) is 0. The lowest BCUT2D eigenvalue weighted by molar-refractivity contribution is -0.142. The van der Waals surface area contributed by atoms with E-state index in [0.29, 0.717) is 19.6 Å². The van der Waals surface area contributed by atoms with E-state index in [1.807, 2.05) is 31.2 Å². The van der Waals surface area contributed by atoms with Crippen molar-refractivity contribution < 1.29 is 9.53 Å². The van der Waals surface area contributed by atoms with Crippen LogP contribution >= 0.6 is 15.9 Å². The van der Waals surface area contributed by atoms with Gasteiger partial charge in [0, 0.05) is 17.6 Å². The van der Waals surface area contributed by atoms with Crippen molar-refractivity contribution in [2.45, 2.75) is 19.9 Å². The van der Waals surface area contributed by atoms with Crippen molar-refractivity contribution in [1.82, 2.24) is 5.32 Å². The summed E-state index contributed by atoms with van der Waals surface area (Å²) in [5, 5.41) is 3.20. The van der Waals surface area contributed by atoms with Crippen LogP contribution in [0.3, 0.4) is 0 Å². The Bertz CT molecular complexity index is 342. The summed E-state index contributed by atoms with van der Waals surface area (Å²) in [6.45, 7) is 3.65. The summed E-state index contributed by atoms with van der Waals surface area (Å²) in [5.74, 6) is -0.151. The van der Waals surface area contributed by atoms with E-state index in [1.165, 1.54) is 5.56 Å². The molecule has 0 fully saturated rings. The molecule has 1 N–H and O–H groups in total. The van der Waals surface area contributed by atoms with E-state index in [9.17, 15) is 4.79 Å². The molecule has 0 bridgehead atoms. The summed E-state index contributed by atoms with van der Waals surface area (Å²) in [6.07, 6.45) is 0.415. The second-order valence-electron chi connectivity index (χ2n) is 3.32. The van der Waals surface area contributed by atoms with Crippen LogP contribution in [0.2, 0.25) is 0 Å². The minimum Gasteiger partial charge on any atom is -0.466 e. The van der Waals surface area contributed by atoms with Crippen molar-refractivity contribution in [3.63, 3.8) is 0 Å². The third-order valence-corrected chi connectivity index (χ3v) is 2.86. The molecule has 0 saturated carbocycles. The molecule has 88 valence electrons. The lowest BCUT2D eigenvalue weighted by Crippen LogP contribution is -2.19. The predicted molar refractivity (Wildman–Crippen MR) is 67.1 cm³/mol. The van der Waals surface area contributed by atoms with Crippen LogP contribution in [0, 0.1) is 0 Å². The Kier molecular flexibility index (Phi) is 6.11. The average Bonchev–Trinajstić information content (AvgIpc) is 2.27. The van der Waals surface area contributed by atoms with Gasteiger partial charge in [-0.2, -0.15) is 0 Å². The number of halogens is 1. The molecule has 1 rings (SSSR count). The van der Waals surface area contributed by atoms with Crippen molar-refractivity contribution in [2.75, 3.05) is 13.2 Å². The molecule has 1 aromatic rings. The van der Waals surface area contributed by atoms with E-state index < -0.39 is 0 Å². The van der Waals surface area contributed by atoms with Crippen LogP contribution in [0.5, 0.6) is 0 Å². The molecule has 3 nitrogen and oxygen atoms in total. The highest BCUT2D eigenvalue weighted by molar-refractivity contribution is 9.10. The van der Waals surface area contributed by atoms with Gasteiger partial charge in [0.15, 0.2) is 0 Å². The van der Waals surface area contributed by atoms with Crippen molar-refractivity contribution in [3.8, 4) is 0 Å². The van der Waals surface area contributed by atoms with Gasteiger partial charge in [-0.15, -0.1) is 0 Å². The fraction of sp³-hybridized carbons (Fsp3) is 0.417. The normalized spacial score (nSPS) is 10.1. The third kappa shape index (κ3) is 4.77. The molecule has 0 amide bonds. The number of carbonyl (C=O) groups is 1. The first-order valence-corrected chi connectivity index (χ1v) is 6.13. The average molecular weight is 286 g/mol. The van der Waals surface area contributed by atoms with Gasteiger partial charge < -0.3 is 10.1 Å². The number of benzene rings is 1. The summed E-state index contributed by atoms with van der Waals surface area (Å²) in [4.78, 5) is 11.0. The van der Waals surface area contributed by atoms with Gasteiger partial charge in [0.2, 0.25) is 0 Å². The van der Waals surface area contributed by atoms with Crippen molar-refractivity contribution in [1.29, 1.82) is 0 Å². The molecular formula is C12H16BrNO2. The van der Waals surface area contributed by atoms with E-state index in [1.54, 1.807) is 0 Å². The summed E-state index contributed by atoms with van der Waals surface area (Å²) < 4.78 is 5.91. The van der Waals surface area contributed by atoms with Crippen molar-refractivity contribution in [3.05, 3.63) is 34.3 Å². The fourth-order valence-corrected chi connectivity index (χ4v) is 1.71. The van der Waals surface area contributed by atoms with E-state index >= 15 is 0 Å². The Labute approximate surface area is 104 Å². The van der Waals surface area contributed by atoms with Crippen molar-refractivity contribution >= 4 is 21.9 Å². The highest BCUT2D eigenvalue weighted by Gasteiger charge is 2.01. The summed E-state index contributed by atoms with van der Waals surface area (Å²) in [6, 6.07) is 8.02. The van der Waals surface area contributed by atoms with Crippen LogP contribution in [0.15, 0.2) is 28.7 Å². The summed E-state index contributed by atoms with van der Waals surface area (Å²) >= 11 is 3.47. The molecule has 0 aliphatic carbocycles. The first-order chi connectivity index (χ1) is 7.74. The van der Waals surface area contributed by atoms with E-state index in [-0.39, 0.29) is 5.97 Å². The minimum absolute atomic E-state index is 0.151. The number of esters is 1. The molecule has 0 heterocycles. The molecule has 0 atom stereocenters. The van der Waals surface area contributed by atoms with Gasteiger partial charge in [-0.3, -0.25) is 4.79 Å². The molecular weight excluding hydrogens is 270 g/mol. The zero-order valence-electron chi connectivity index (χ0n) is 9.33. The molecule has 0 spiro atoms. The van der Waals surface area contributed by atoms with Crippen LogP contribution in [0.1, 0.15) is 18.9 Å². The maximum atomic E-state index is 11.0. The number of carbonyl (C=O) groups excluding carboxylic acids is 1. The predicted octanol–water partition coefficient (Wildman–Crippen LogP) is 2.49. The highest BCUT2D eigenvalue weighted by atomic mass is 79.9. The van der Waals surface area contributed by atoms with Crippen molar-refractivity contribution in [2.24, 2.45) is 0 Å². The SMILES string of the molecule is CCOC(=O)CCNCc1ccccc1Br. The lowest BCUT2D eigenvalue weighted by atomic mass is 10.2. The van der Waals surface area contributed by atoms with Crippen LogP contribution in [-0.2, 0) is 16.1 Å². The zero-order valence-corrected chi connectivity index (χ0v) is 10.9. The van der Waals surface area contributed by atoms with Gasteiger partial charge in [-0.05, 0) is 18.6 Å². The summed E-state index contributed by atoms with van der Waals surface area (Å²) in [5.41, 5.74) is 1.19. The van der Waals surface area contributed by atoms with Gasteiger partial charge in [-0.1, -0.05) is 34.1 Å². The molecule has 0 aliphatic rings. The quantitative estimate of drug-likeness (QED) is 0.645. The van der Waals surface area contributed by atoms with Gasteiger partial charge >= 0.3 is 5.97 Å². The molecule has 0 aliphatic heterocycles. The Balaban J connectivity index is 2.21.